The van der Waals surface area contributed by atoms with Gasteiger partial charge in [0.15, 0.2) is 0 Å². The maximum absolute atomic E-state index is 3.12. The van der Waals surface area contributed by atoms with Gasteiger partial charge in [0.2, 0.25) is 0 Å². The van der Waals surface area contributed by atoms with Crippen molar-refractivity contribution in [1.82, 2.24) is 0 Å². The van der Waals surface area contributed by atoms with E-state index in [1.54, 1.807) is 11.1 Å². The summed E-state index contributed by atoms with van der Waals surface area (Å²) >= 11 is 0. The molecule has 0 aromatic heterocycles. The lowest BCUT2D eigenvalue weighted by Crippen LogP contribution is -2.21. The van der Waals surface area contributed by atoms with E-state index in [1.807, 2.05) is 0 Å². The largest absolute Gasteiger partial charge is 0.110 e. The Kier molecular flexibility index (Phi) is 4.19. The van der Waals surface area contributed by atoms with Crippen molar-refractivity contribution in [2.45, 2.75) is 31.8 Å². The summed E-state index contributed by atoms with van der Waals surface area (Å²) in [5.41, 5.74) is 4.34. The van der Waals surface area contributed by atoms with Crippen molar-refractivity contribution in [3.63, 3.8) is 0 Å². The molecular formula is C10H18P4. The summed E-state index contributed by atoms with van der Waals surface area (Å²) < 4.78 is 0. The molecule has 0 amide bonds. The van der Waals surface area contributed by atoms with Crippen molar-refractivity contribution in [3.8, 4) is 0 Å². The molecule has 0 nitrogen and oxygen atoms in total. The maximum Gasteiger partial charge on any atom is 0.0108 e. The van der Waals surface area contributed by atoms with Crippen LogP contribution in [0.4, 0.5) is 0 Å². The first-order valence-electron chi connectivity index (χ1n) is 5.12. The Balaban J connectivity index is 2.23. The molecular weight excluding hydrogens is 244 g/mol. The molecule has 4 heteroatoms. The van der Waals surface area contributed by atoms with Gasteiger partial charge in [-0.2, -0.15) is 0 Å². The van der Waals surface area contributed by atoms with Crippen molar-refractivity contribution in [2.24, 2.45) is 5.92 Å². The fourth-order valence-electron chi connectivity index (χ4n) is 2.53. The molecule has 0 heterocycles. The van der Waals surface area contributed by atoms with Gasteiger partial charge in [-0.15, -0.1) is 17.9 Å². The molecule has 6 atom stereocenters. The molecule has 0 N–H and O–H groups in total. The van der Waals surface area contributed by atoms with Gasteiger partial charge in [0.05, 0.1) is 0 Å². The molecule has 0 aliphatic heterocycles. The van der Waals surface area contributed by atoms with Crippen LogP contribution in [0.1, 0.15) is 26.2 Å². The fourth-order valence-corrected chi connectivity index (χ4v) is 8.57. The lowest BCUT2D eigenvalue weighted by molar-refractivity contribution is 0.510. The van der Waals surface area contributed by atoms with Crippen LogP contribution < -0.4 is 0 Å². The van der Waals surface area contributed by atoms with Crippen LogP contribution in [0.5, 0.6) is 0 Å². The van der Waals surface area contributed by atoms with Crippen molar-refractivity contribution >= 4 is 33.1 Å². The third-order valence-corrected chi connectivity index (χ3v) is 14.4. The Hall–Kier alpha value is 1.20. The number of hydrogen-bond donors (Lipinski definition) is 0. The van der Waals surface area contributed by atoms with E-state index >= 15 is 0 Å². The molecule has 0 aromatic carbocycles. The quantitative estimate of drug-likeness (QED) is 0.633. The normalized spacial score (nSPS) is 34.2. The summed E-state index contributed by atoms with van der Waals surface area (Å²) in [6.45, 7) is 2.44. The summed E-state index contributed by atoms with van der Waals surface area (Å²) in [6.07, 6.45) is 8.70. The Labute approximate surface area is 94.4 Å². The van der Waals surface area contributed by atoms with Crippen LogP contribution in [0.3, 0.4) is 0 Å². The molecule has 0 bridgehead atoms. The summed E-state index contributed by atoms with van der Waals surface area (Å²) in [4.78, 5) is 0. The second-order valence-corrected chi connectivity index (χ2v) is 13.6. The molecule has 2 aliphatic rings. The minimum Gasteiger partial charge on any atom is -0.110 e. The van der Waals surface area contributed by atoms with Crippen molar-refractivity contribution in [3.05, 3.63) is 23.3 Å². The second-order valence-electron chi connectivity index (χ2n) is 4.15. The minimum absolute atomic E-state index is 0.142. The Morgan fingerprint density at radius 1 is 1.57 bits per heavy atom. The zero-order valence-corrected chi connectivity index (χ0v) is 12.7. The van der Waals surface area contributed by atoms with E-state index in [-0.39, 0.29) is 7.30 Å². The van der Waals surface area contributed by atoms with Gasteiger partial charge < -0.3 is 0 Å². The van der Waals surface area contributed by atoms with E-state index < -0.39 is 0 Å². The molecule has 0 spiro atoms. The van der Waals surface area contributed by atoms with Crippen LogP contribution in [-0.4, -0.2) is 5.66 Å². The first kappa shape index (κ1) is 11.7. The van der Waals surface area contributed by atoms with Crippen molar-refractivity contribution in [1.29, 1.82) is 0 Å². The zero-order chi connectivity index (χ0) is 10.1. The molecule has 6 unspecified atom stereocenters. The van der Waals surface area contributed by atoms with Gasteiger partial charge in [-0.1, -0.05) is 39.9 Å². The Morgan fingerprint density at radius 2 is 2.36 bits per heavy atom. The molecule has 0 radical (unpaired) electrons. The van der Waals surface area contributed by atoms with Crippen molar-refractivity contribution in [2.75, 3.05) is 0 Å². The highest BCUT2D eigenvalue weighted by Crippen LogP contribution is 2.73. The summed E-state index contributed by atoms with van der Waals surface area (Å²) in [7, 11) is 7.24. The van der Waals surface area contributed by atoms with Gasteiger partial charge in [0.1, 0.15) is 0 Å². The highest BCUT2D eigenvalue weighted by molar-refractivity contribution is 8.61. The van der Waals surface area contributed by atoms with Gasteiger partial charge >= 0.3 is 0 Å². The van der Waals surface area contributed by atoms with E-state index in [0.29, 0.717) is 0 Å². The molecule has 14 heavy (non-hydrogen) atoms. The third kappa shape index (κ3) is 2.15. The minimum atomic E-state index is 0.142. The summed E-state index contributed by atoms with van der Waals surface area (Å²) in [5.74, 6) is 0.908. The van der Waals surface area contributed by atoms with Gasteiger partial charge in [0, 0.05) is 5.66 Å². The van der Waals surface area contributed by atoms with Crippen molar-refractivity contribution < 1.29 is 0 Å². The van der Waals surface area contributed by atoms with Crippen LogP contribution in [0.15, 0.2) is 23.3 Å². The summed E-state index contributed by atoms with van der Waals surface area (Å²) in [5, 5.41) is 0. The lowest BCUT2D eigenvalue weighted by atomic mass is 9.85. The zero-order valence-electron chi connectivity index (χ0n) is 8.53. The van der Waals surface area contributed by atoms with Crippen LogP contribution in [0.2, 0.25) is 0 Å². The van der Waals surface area contributed by atoms with Gasteiger partial charge in [-0.3, -0.25) is 0 Å². The molecule has 78 valence electrons. The SMILES string of the molecule is CC1CCC2=C(CC=C2)C1P(P)PP. The van der Waals surface area contributed by atoms with E-state index in [1.165, 1.54) is 19.3 Å². The number of allylic oxidation sites excluding steroid dienone is 4. The average molecular weight is 262 g/mol. The molecule has 2 rings (SSSR count). The molecule has 2 aliphatic carbocycles. The predicted octanol–water partition coefficient (Wildman–Crippen LogP) is 4.70. The van der Waals surface area contributed by atoms with Gasteiger partial charge in [-0.25, -0.2) is 0 Å². The first-order chi connectivity index (χ1) is 6.74. The molecule has 0 saturated carbocycles. The smallest absolute Gasteiger partial charge is 0.0108 e. The second kappa shape index (κ2) is 5.02. The third-order valence-electron chi connectivity index (χ3n) is 3.28. The maximum atomic E-state index is 3.12. The van der Waals surface area contributed by atoms with Crippen LogP contribution in [0, 0.1) is 5.92 Å². The predicted molar refractivity (Wildman–Crippen MR) is 77.6 cm³/mol. The fraction of sp³-hybridized carbons (Fsp3) is 0.600. The molecule has 0 aromatic rings. The van der Waals surface area contributed by atoms with E-state index in [2.05, 4.69) is 36.9 Å². The highest BCUT2D eigenvalue weighted by atomic mass is 32.6. The van der Waals surface area contributed by atoms with E-state index in [9.17, 15) is 0 Å². The first-order valence-corrected chi connectivity index (χ1v) is 11.8. The average Bonchev–Trinajstić information content (AvgIpc) is 2.64. The Morgan fingerprint density at radius 3 is 3.07 bits per heavy atom. The van der Waals surface area contributed by atoms with Crippen LogP contribution >= 0.6 is 33.1 Å². The van der Waals surface area contributed by atoms with E-state index in [4.69, 9.17) is 0 Å². The van der Waals surface area contributed by atoms with E-state index in [0.717, 1.165) is 19.5 Å². The van der Waals surface area contributed by atoms with Crippen LogP contribution in [0.25, 0.3) is 0 Å². The molecule has 0 saturated heterocycles. The summed E-state index contributed by atoms with van der Waals surface area (Å²) in [6, 6.07) is 0. The Bertz CT molecular complexity index is 282. The van der Waals surface area contributed by atoms with Crippen LogP contribution in [-0.2, 0) is 0 Å². The lowest BCUT2D eigenvalue weighted by Gasteiger charge is -2.35. The number of rotatable bonds is 2. The molecule has 0 fully saturated rings. The number of hydrogen-bond acceptors (Lipinski definition) is 0. The monoisotopic (exact) mass is 262 g/mol. The standard InChI is InChI=1S/C10H18P4/c1-7-5-6-8-3-2-4-9(8)10(7)14(12)13-11/h2-3,7,10,13H,4-6,11-12H2,1H3. The van der Waals surface area contributed by atoms with Gasteiger partial charge in [-0.05, 0) is 30.8 Å². The topological polar surface area (TPSA) is 0 Å². The van der Waals surface area contributed by atoms with Gasteiger partial charge in [0.25, 0.3) is 0 Å². The highest BCUT2D eigenvalue weighted by Gasteiger charge is 2.32.